The minimum Gasteiger partial charge on any atom is -0.313 e. The second-order valence-corrected chi connectivity index (χ2v) is 5.19. The molecule has 0 saturated carbocycles. The zero-order chi connectivity index (χ0) is 13.6. The molecule has 0 rings (SSSR count). The Balaban J connectivity index is 0. The Bertz CT molecular complexity index is 176. The van der Waals surface area contributed by atoms with Crippen LogP contribution in [0, 0.1) is 0 Å². The molecule has 0 heterocycles. The van der Waals surface area contributed by atoms with E-state index in [1.807, 2.05) is 0 Å². The van der Waals surface area contributed by atoms with Crippen LogP contribution in [-0.2, 0) is 0 Å². The van der Waals surface area contributed by atoms with Gasteiger partial charge in [-0.15, -0.1) is 12.4 Å². The molecular formula is C14H33ClN4. The first-order valence-corrected chi connectivity index (χ1v) is 6.99. The van der Waals surface area contributed by atoms with Crippen LogP contribution in [0.4, 0.5) is 0 Å². The first-order valence-electron chi connectivity index (χ1n) is 6.99. The predicted octanol–water partition coefficient (Wildman–Crippen LogP) is 1.05. The Labute approximate surface area is 126 Å². The summed E-state index contributed by atoms with van der Waals surface area (Å²) in [6.07, 6.45) is 6.83. The summed E-state index contributed by atoms with van der Waals surface area (Å²) in [6, 6.07) is 0. The lowest BCUT2D eigenvalue weighted by Gasteiger charge is -2.09. The number of hydrogen-bond donors (Lipinski definition) is 2. The number of halogens is 1. The molecule has 0 aromatic carbocycles. The van der Waals surface area contributed by atoms with Crippen molar-refractivity contribution < 1.29 is 0 Å². The van der Waals surface area contributed by atoms with Gasteiger partial charge in [0.15, 0.2) is 0 Å². The van der Waals surface area contributed by atoms with Crippen molar-refractivity contribution in [2.75, 3.05) is 67.5 Å². The molecule has 0 aromatic rings. The van der Waals surface area contributed by atoms with E-state index >= 15 is 0 Å². The molecule has 0 aliphatic carbocycles. The third kappa shape index (κ3) is 20.4. The van der Waals surface area contributed by atoms with E-state index in [0.29, 0.717) is 0 Å². The number of nitrogens with zero attached hydrogens (tertiary/aromatic N) is 2. The van der Waals surface area contributed by atoms with Crippen molar-refractivity contribution in [2.24, 2.45) is 0 Å². The zero-order valence-corrected chi connectivity index (χ0v) is 13.9. The number of rotatable bonds is 12. The van der Waals surface area contributed by atoms with Crippen LogP contribution in [0.25, 0.3) is 0 Å². The Morgan fingerprint density at radius 1 is 0.737 bits per heavy atom. The van der Waals surface area contributed by atoms with Crippen LogP contribution in [0.5, 0.6) is 0 Å². The summed E-state index contributed by atoms with van der Waals surface area (Å²) in [5.74, 6) is 0. The molecule has 5 heteroatoms. The van der Waals surface area contributed by atoms with E-state index in [9.17, 15) is 0 Å². The molecule has 0 aliphatic heterocycles. The Hall–Kier alpha value is -0.130. The monoisotopic (exact) mass is 292 g/mol. The Morgan fingerprint density at radius 3 is 1.42 bits per heavy atom. The molecule has 19 heavy (non-hydrogen) atoms. The molecule has 2 N–H and O–H groups in total. The molecule has 0 bridgehead atoms. The van der Waals surface area contributed by atoms with Crippen LogP contribution in [-0.4, -0.2) is 77.3 Å². The summed E-state index contributed by atoms with van der Waals surface area (Å²) in [7, 11) is 8.45. The minimum absolute atomic E-state index is 0. The van der Waals surface area contributed by atoms with Crippen LogP contribution < -0.4 is 10.6 Å². The van der Waals surface area contributed by atoms with Gasteiger partial charge >= 0.3 is 0 Å². The Kier molecular flexibility index (Phi) is 17.7. The second-order valence-electron chi connectivity index (χ2n) is 5.19. The first-order chi connectivity index (χ1) is 8.63. The van der Waals surface area contributed by atoms with E-state index < -0.39 is 0 Å². The van der Waals surface area contributed by atoms with Crippen LogP contribution in [0.3, 0.4) is 0 Å². The summed E-state index contributed by atoms with van der Waals surface area (Å²) in [5, 5.41) is 6.82. The molecule has 116 valence electrons. The summed E-state index contributed by atoms with van der Waals surface area (Å²) >= 11 is 0. The van der Waals surface area contributed by atoms with Gasteiger partial charge in [-0.25, -0.2) is 0 Å². The Morgan fingerprint density at radius 2 is 1.11 bits per heavy atom. The lowest BCUT2D eigenvalue weighted by Crippen LogP contribution is -2.22. The topological polar surface area (TPSA) is 30.5 Å². The highest BCUT2D eigenvalue weighted by atomic mass is 35.5. The third-order valence-electron chi connectivity index (χ3n) is 2.61. The lowest BCUT2D eigenvalue weighted by atomic mass is 10.4. The van der Waals surface area contributed by atoms with Crippen molar-refractivity contribution in [3.05, 3.63) is 12.2 Å². The molecule has 0 unspecified atom stereocenters. The highest BCUT2D eigenvalue weighted by Gasteiger charge is 1.90. The van der Waals surface area contributed by atoms with Gasteiger partial charge in [0.2, 0.25) is 0 Å². The normalized spacial score (nSPS) is 11.5. The fourth-order valence-electron chi connectivity index (χ4n) is 1.58. The molecule has 4 nitrogen and oxygen atoms in total. The summed E-state index contributed by atoms with van der Waals surface area (Å²) in [6.45, 7) is 6.46. The fourth-order valence-corrected chi connectivity index (χ4v) is 1.58. The molecule has 0 amide bonds. The van der Waals surface area contributed by atoms with E-state index in [1.54, 1.807) is 0 Å². The zero-order valence-electron chi connectivity index (χ0n) is 13.1. The molecular weight excluding hydrogens is 260 g/mol. The van der Waals surface area contributed by atoms with Gasteiger partial charge in [0.25, 0.3) is 0 Å². The maximum Gasteiger partial charge on any atom is 0.0135 e. The molecule has 0 aromatic heterocycles. The van der Waals surface area contributed by atoms with Crippen molar-refractivity contribution in [1.82, 2.24) is 20.4 Å². The molecule has 0 aliphatic rings. The molecule has 0 saturated heterocycles. The molecule has 0 spiro atoms. The minimum atomic E-state index is 0. The SMILES string of the molecule is CN(C)CCCNC/C=C\CNCCCN(C)C.Cl. The number of nitrogens with one attached hydrogen (secondary N) is 2. The van der Waals surface area contributed by atoms with Gasteiger partial charge in [-0.1, -0.05) is 12.2 Å². The van der Waals surface area contributed by atoms with Gasteiger partial charge in [-0.05, 0) is 67.2 Å². The standard InChI is InChI=1S/C14H32N4.ClH/c1-17(2)13-7-11-15-9-5-6-10-16-12-8-14-18(3)4;/h5-6,15-16H,7-14H2,1-4H3;1H/b6-5-;. The first kappa shape index (κ1) is 21.2. The van der Waals surface area contributed by atoms with E-state index in [4.69, 9.17) is 0 Å². The smallest absolute Gasteiger partial charge is 0.0135 e. The summed E-state index contributed by atoms with van der Waals surface area (Å²) in [4.78, 5) is 4.43. The van der Waals surface area contributed by atoms with Gasteiger partial charge in [0.1, 0.15) is 0 Å². The maximum absolute atomic E-state index is 3.41. The largest absolute Gasteiger partial charge is 0.313 e. The number of hydrogen-bond acceptors (Lipinski definition) is 4. The van der Waals surface area contributed by atoms with E-state index in [0.717, 1.165) is 39.3 Å². The lowest BCUT2D eigenvalue weighted by molar-refractivity contribution is 0.396. The van der Waals surface area contributed by atoms with Crippen molar-refractivity contribution in [2.45, 2.75) is 12.8 Å². The van der Waals surface area contributed by atoms with Gasteiger partial charge in [-0.3, -0.25) is 0 Å². The summed E-state index contributed by atoms with van der Waals surface area (Å²) in [5.41, 5.74) is 0. The fraction of sp³-hybridized carbons (Fsp3) is 0.857. The maximum atomic E-state index is 3.41. The average molecular weight is 293 g/mol. The second kappa shape index (κ2) is 15.9. The molecule has 0 atom stereocenters. The van der Waals surface area contributed by atoms with E-state index in [1.165, 1.54) is 12.8 Å². The van der Waals surface area contributed by atoms with Crippen molar-refractivity contribution in [3.63, 3.8) is 0 Å². The van der Waals surface area contributed by atoms with Gasteiger partial charge in [0.05, 0.1) is 0 Å². The van der Waals surface area contributed by atoms with Crippen LogP contribution >= 0.6 is 12.4 Å². The van der Waals surface area contributed by atoms with Crippen LogP contribution in [0.1, 0.15) is 12.8 Å². The van der Waals surface area contributed by atoms with Gasteiger partial charge in [-0.2, -0.15) is 0 Å². The van der Waals surface area contributed by atoms with Crippen molar-refractivity contribution in [3.8, 4) is 0 Å². The van der Waals surface area contributed by atoms with Crippen molar-refractivity contribution >= 4 is 12.4 Å². The quantitative estimate of drug-likeness (QED) is 0.416. The predicted molar refractivity (Wildman–Crippen MR) is 88.5 cm³/mol. The summed E-state index contributed by atoms with van der Waals surface area (Å²) < 4.78 is 0. The molecule has 0 radical (unpaired) electrons. The van der Waals surface area contributed by atoms with Crippen molar-refractivity contribution in [1.29, 1.82) is 0 Å². The average Bonchev–Trinajstić information content (AvgIpc) is 2.29. The highest BCUT2D eigenvalue weighted by Crippen LogP contribution is 1.82. The van der Waals surface area contributed by atoms with Gasteiger partial charge < -0.3 is 20.4 Å². The van der Waals surface area contributed by atoms with E-state index in [2.05, 4.69) is 60.8 Å². The molecule has 0 fully saturated rings. The highest BCUT2D eigenvalue weighted by molar-refractivity contribution is 5.85. The van der Waals surface area contributed by atoms with Crippen LogP contribution in [0.2, 0.25) is 0 Å². The van der Waals surface area contributed by atoms with Gasteiger partial charge in [0, 0.05) is 13.1 Å². The van der Waals surface area contributed by atoms with E-state index in [-0.39, 0.29) is 12.4 Å². The third-order valence-corrected chi connectivity index (χ3v) is 2.61. The van der Waals surface area contributed by atoms with Crippen LogP contribution in [0.15, 0.2) is 12.2 Å².